The van der Waals surface area contributed by atoms with E-state index in [9.17, 15) is 9.59 Å². The van der Waals surface area contributed by atoms with Crippen molar-refractivity contribution in [3.63, 3.8) is 0 Å². The van der Waals surface area contributed by atoms with Crippen molar-refractivity contribution in [3.8, 4) is 0 Å². The molecule has 1 aliphatic carbocycles. The lowest BCUT2D eigenvalue weighted by atomic mass is 9.98. The van der Waals surface area contributed by atoms with Crippen LogP contribution in [0.15, 0.2) is 30.3 Å². The molecule has 2 rings (SSSR count). The highest BCUT2D eigenvalue weighted by Crippen LogP contribution is 2.61. The quantitative estimate of drug-likeness (QED) is 0.631. The van der Waals surface area contributed by atoms with Crippen LogP contribution in [0.1, 0.15) is 45.6 Å². The molecule has 4 nitrogen and oxygen atoms in total. The minimum atomic E-state index is -1.18. The molecular formula is C17H22O4. The topological polar surface area (TPSA) is 52.6 Å². The minimum absolute atomic E-state index is 0.160. The smallest absolute Gasteiger partial charge is 0.324 e. The first-order chi connectivity index (χ1) is 9.81. The van der Waals surface area contributed by atoms with E-state index in [1.165, 1.54) is 0 Å². The summed E-state index contributed by atoms with van der Waals surface area (Å²) in [5.74, 6) is -1.12. The molecule has 4 heteroatoms. The molecule has 0 N–H and O–H groups in total. The highest BCUT2D eigenvalue weighted by atomic mass is 16.6. The highest BCUT2D eigenvalue weighted by Gasteiger charge is 2.69. The van der Waals surface area contributed by atoms with Crippen LogP contribution in [0.2, 0.25) is 0 Å². The van der Waals surface area contributed by atoms with E-state index in [1.807, 2.05) is 30.3 Å². The first kappa shape index (κ1) is 15.5. The number of hydrogen-bond acceptors (Lipinski definition) is 4. The number of benzene rings is 1. The van der Waals surface area contributed by atoms with E-state index in [4.69, 9.17) is 9.47 Å². The lowest BCUT2D eigenvalue weighted by Gasteiger charge is -2.23. The fraction of sp³-hybridized carbons (Fsp3) is 0.529. The summed E-state index contributed by atoms with van der Waals surface area (Å²) in [4.78, 5) is 24.8. The molecule has 1 aromatic carbocycles. The molecule has 114 valence electrons. The van der Waals surface area contributed by atoms with Gasteiger partial charge in [0, 0.05) is 5.92 Å². The lowest BCUT2D eigenvalue weighted by Crippen LogP contribution is -2.36. The summed E-state index contributed by atoms with van der Waals surface area (Å²) in [6.07, 6.45) is 0.449. The third-order valence-electron chi connectivity index (χ3n) is 3.57. The molecule has 2 atom stereocenters. The second-order valence-corrected chi connectivity index (χ2v) is 6.36. The van der Waals surface area contributed by atoms with E-state index in [1.54, 1.807) is 27.7 Å². The molecule has 0 aliphatic heterocycles. The summed E-state index contributed by atoms with van der Waals surface area (Å²) >= 11 is 0. The van der Waals surface area contributed by atoms with E-state index >= 15 is 0 Å². The van der Waals surface area contributed by atoms with Crippen LogP contribution in [0.25, 0.3) is 0 Å². The van der Waals surface area contributed by atoms with Crippen molar-refractivity contribution in [1.82, 2.24) is 0 Å². The predicted octanol–water partition coefficient (Wildman–Crippen LogP) is 3.07. The molecule has 0 radical (unpaired) electrons. The van der Waals surface area contributed by atoms with Gasteiger partial charge in [0.15, 0.2) is 5.41 Å². The predicted molar refractivity (Wildman–Crippen MR) is 78.7 cm³/mol. The molecule has 0 heterocycles. The van der Waals surface area contributed by atoms with Crippen molar-refractivity contribution in [2.75, 3.05) is 6.61 Å². The molecule has 1 aliphatic rings. The van der Waals surface area contributed by atoms with Gasteiger partial charge in [-0.25, -0.2) is 0 Å². The molecule has 21 heavy (non-hydrogen) atoms. The average Bonchev–Trinajstić information content (AvgIpc) is 3.15. The monoisotopic (exact) mass is 290 g/mol. The fourth-order valence-electron chi connectivity index (χ4n) is 2.51. The Kier molecular flexibility index (Phi) is 4.08. The third kappa shape index (κ3) is 3.09. The summed E-state index contributed by atoms with van der Waals surface area (Å²) in [7, 11) is 0. The SMILES string of the molecule is CCOC(=O)[C@]1(C(=O)OC(C)(C)C)C[C@@H]1c1ccccc1. The van der Waals surface area contributed by atoms with Crippen molar-refractivity contribution in [2.24, 2.45) is 5.41 Å². The standard InChI is InChI=1S/C17H22O4/c1-5-20-14(18)17(15(19)21-16(2,3)4)11-13(17)12-9-7-6-8-10-12/h6-10,13H,5,11H2,1-4H3/t13-,17+/m1/s1. The average molecular weight is 290 g/mol. The summed E-state index contributed by atoms with van der Waals surface area (Å²) in [5.41, 5.74) is -0.832. The van der Waals surface area contributed by atoms with Crippen LogP contribution in [-0.2, 0) is 19.1 Å². The van der Waals surface area contributed by atoms with Crippen LogP contribution in [0.4, 0.5) is 0 Å². The summed E-state index contributed by atoms with van der Waals surface area (Å²) in [6, 6.07) is 9.56. The molecule has 0 saturated heterocycles. The molecular weight excluding hydrogens is 268 g/mol. The Morgan fingerprint density at radius 2 is 1.81 bits per heavy atom. The zero-order valence-electron chi connectivity index (χ0n) is 13.0. The molecule has 0 aromatic heterocycles. The zero-order chi connectivity index (χ0) is 15.7. The zero-order valence-corrected chi connectivity index (χ0v) is 13.0. The van der Waals surface area contributed by atoms with Gasteiger partial charge < -0.3 is 9.47 Å². The van der Waals surface area contributed by atoms with Gasteiger partial charge in [-0.1, -0.05) is 30.3 Å². The van der Waals surface area contributed by atoms with Crippen LogP contribution < -0.4 is 0 Å². The minimum Gasteiger partial charge on any atom is -0.465 e. The van der Waals surface area contributed by atoms with Crippen molar-refractivity contribution < 1.29 is 19.1 Å². The molecule has 0 bridgehead atoms. The molecule has 0 unspecified atom stereocenters. The summed E-state index contributed by atoms with van der Waals surface area (Å²) in [5, 5.41) is 0. The van der Waals surface area contributed by atoms with Gasteiger partial charge in [0.2, 0.25) is 0 Å². The summed E-state index contributed by atoms with van der Waals surface area (Å²) in [6.45, 7) is 7.38. The Bertz CT molecular complexity index is 529. The number of carbonyl (C=O) groups is 2. The Balaban J connectivity index is 2.27. The first-order valence-electron chi connectivity index (χ1n) is 7.27. The fourth-order valence-corrected chi connectivity index (χ4v) is 2.51. The van der Waals surface area contributed by atoms with Crippen LogP contribution in [0, 0.1) is 5.41 Å². The van der Waals surface area contributed by atoms with E-state index in [-0.39, 0.29) is 12.5 Å². The van der Waals surface area contributed by atoms with E-state index < -0.39 is 23.0 Å². The van der Waals surface area contributed by atoms with Gasteiger partial charge in [0.05, 0.1) is 6.61 Å². The van der Waals surface area contributed by atoms with Crippen molar-refractivity contribution in [1.29, 1.82) is 0 Å². The van der Waals surface area contributed by atoms with Crippen LogP contribution in [0.3, 0.4) is 0 Å². The van der Waals surface area contributed by atoms with Crippen molar-refractivity contribution >= 4 is 11.9 Å². The van der Waals surface area contributed by atoms with Gasteiger partial charge in [0.1, 0.15) is 5.60 Å². The second-order valence-electron chi connectivity index (χ2n) is 6.36. The lowest BCUT2D eigenvalue weighted by molar-refractivity contribution is -0.171. The highest BCUT2D eigenvalue weighted by molar-refractivity contribution is 6.05. The summed E-state index contributed by atoms with van der Waals surface area (Å²) < 4.78 is 10.6. The third-order valence-corrected chi connectivity index (χ3v) is 3.57. The molecule has 1 aromatic rings. The number of carbonyl (C=O) groups excluding carboxylic acids is 2. The van der Waals surface area contributed by atoms with Crippen LogP contribution >= 0.6 is 0 Å². The Labute approximate surface area is 125 Å². The van der Waals surface area contributed by atoms with E-state index in [0.29, 0.717) is 6.42 Å². The number of hydrogen-bond donors (Lipinski definition) is 0. The second kappa shape index (κ2) is 5.51. The van der Waals surface area contributed by atoms with Gasteiger partial charge >= 0.3 is 11.9 Å². The number of rotatable bonds is 4. The molecule has 1 fully saturated rings. The van der Waals surface area contributed by atoms with Crippen molar-refractivity contribution in [2.45, 2.75) is 45.6 Å². The maximum Gasteiger partial charge on any atom is 0.324 e. The molecule has 0 amide bonds. The van der Waals surface area contributed by atoms with Gasteiger partial charge in [-0.2, -0.15) is 0 Å². The van der Waals surface area contributed by atoms with Crippen LogP contribution in [0.5, 0.6) is 0 Å². The number of ether oxygens (including phenoxy) is 2. The Morgan fingerprint density at radius 3 is 2.33 bits per heavy atom. The van der Waals surface area contributed by atoms with Gasteiger partial charge in [-0.15, -0.1) is 0 Å². The Hall–Kier alpha value is -1.84. The van der Waals surface area contributed by atoms with Crippen LogP contribution in [-0.4, -0.2) is 24.1 Å². The van der Waals surface area contributed by atoms with E-state index in [0.717, 1.165) is 5.56 Å². The van der Waals surface area contributed by atoms with Gasteiger partial charge in [-0.3, -0.25) is 9.59 Å². The maximum atomic E-state index is 12.5. The van der Waals surface area contributed by atoms with Gasteiger partial charge in [-0.05, 0) is 39.7 Å². The van der Waals surface area contributed by atoms with Crippen molar-refractivity contribution in [3.05, 3.63) is 35.9 Å². The Morgan fingerprint density at radius 1 is 1.19 bits per heavy atom. The first-order valence-corrected chi connectivity index (χ1v) is 7.27. The number of esters is 2. The largest absolute Gasteiger partial charge is 0.465 e. The normalized spacial score (nSPS) is 24.3. The van der Waals surface area contributed by atoms with Gasteiger partial charge in [0.25, 0.3) is 0 Å². The molecule has 1 saturated carbocycles. The molecule has 0 spiro atoms. The maximum absolute atomic E-state index is 12.5. The van der Waals surface area contributed by atoms with E-state index in [2.05, 4.69) is 0 Å².